The standard InChI is InChI=1S/C24H36N2O/c1-4-26(5-2)19-10-18-25-21(3)23-14-16-24(17-15-23)27-20-9-13-22-11-7-6-8-12-22/h6-8,11-12,14-17,21,25H,4-5,9-10,13,18-20H2,1-3H3. The zero-order valence-corrected chi connectivity index (χ0v) is 17.3. The Kier molecular flexibility index (Phi) is 9.96. The first-order chi connectivity index (χ1) is 13.2. The van der Waals surface area contributed by atoms with E-state index in [1.165, 1.54) is 24.1 Å². The second-order valence-electron chi connectivity index (χ2n) is 7.06. The molecule has 0 amide bonds. The average Bonchev–Trinajstić information content (AvgIpc) is 2.72. The fraction of sp³-hybridized carbons (Fsp3) is 0.500. The lowest BCUT2D eigenvalue weighted by atomic mass is 10.1. The molecule has 0 aliphatic carbocycles. The maximum atomic E-state index is 5.89. The van der Waals surface area contributed by atoms with Gasteiger partial charge < -0.3 is 15.0 Å². The van der Waals surface area contributed by atoms with Crippen molar-refractivity contribution in [1.29, 1.82) is 0 Å². The number of benzene rings is 2. The van der Waals surface area contributed by atoms with E-state index in [4.69, 9.17) is 4.74 Å². The molecular weight excluding hydrogens is 332 g/mol. The molecule has 1 N–H and O–H groups in total. The lowest BCUT2D eigenvalue weighted by Crippen LogP contribution is -2.28. The van der Waals surface area contributed by atoms with Gasteiger partial charge in [-0.05, 0) is 75.6 Å². The Morgan fingerprint density at radius 1 is 0.926 bits per heavy atom. The molecule has 2 rings (SSSR count). The van der Waals surface area contributed by atoms with Crippen LogP contribution in [-0.4, -0.2) is 37.7 Å². The van der Waals surface area contributed by atoms with Crippen molar-refractivity contribution in [3.63, 3.8) is 0 Å². The summed E-state index contributed by atoms with van der Waals surface area (Å²) < 4.78 is 5.89. The maximum Gasteiger partial charge on any atom is 0.119 e. The molecule has 0 bridgehead atoms. The number of aryl methyl sites for hydroxylation is 1. The Morgan fingerprint density at radius 3 is 2.30 bits per heavy atom. The summed E-state index contributed by atoms with van der Waals surface area (Å²) in [6, 6.07) is 19.5. The van der Waals surface area contributed by atoms with Crippen LogP contribution < -0.4 is 10.1 Å². The molecule has 0 aliphatic heterocycles. The van der Waals surface area contributed by atoms with Crippen molar-refractivity contribution in [2.24, 2.45) is 0 Å². The number of nitrogens with one attached hydrogen (secondary N) is 1. The molecule has 3 heteroatoms. The second-order valence-corrected chi connectivity index (χ2v) is 7.06. The first-order valence-electron chi connectivity index (χ1n) is 10.4. The molecule has 0 aromatic heterocycles. The van der Waals surface area contributed by atoms with Gasteiger partial charge in [0.1, 0.15) is 5.75 Å². The van der Waals surface area contributed by atoms with E-state index in [-0.39, 0.29) is 0 Å². The van der Waals surface area contributed by atoms with Crippen LogP contribution in [-0.2, 0) is 6.42 Å². The van der Waals surface area contributed by atoms with Crippen LogP contribution in [0.4, 0.5) is 0 Å². The average molecular weight is 369 g/mol. The summed E-state index contributed by atoms with van der Waals surface area (Å²) in [5.74, 6) is 0.959. The van der Waals surface area contributed by atoms with Gasteiger partial charge >= 0.3 is 0 Å². The van der Waals surface area contributed by atoms with Gasteiger partial charge in [0.2, 0.25) is 0 Å². The molecule has 148 valence electrons. The van der Waals surface area contributed by atoms with Gasteiger partial charge in [-0.25, -0.2) is 0 Å². The Morgan fingerprint density at radius 2 is 1.63 bits per heavy atom. The minimum Gasteiger partial charge on any atom is -0.494 e. The maximum absolute atomic E-state index is 5.89. The molecule has 1 atom stereocenters. The molecule has 1 unspecified atom stereocenters. The van der Waals surface area contributed by atoms with Crippen molar-refractivity contribution in [2.75, 3.05) is 32.8 Å². The topological polar surface area (TPSA) is 24.5 Å². The van der Waals surface area contributed by atoms with Crippen LogP contribution in [0.25, 0.3) is 0 Å². The van der Waals surface area contributed by atoms with E-state index >= 15 is 0 Å². The number of hydrogen-bond donors (Lipinski definition) is 1. The summed E-state index contributed by atoms with van der Waals surface area (Å²) in [4.78, 5) is 2.47. The largest absolute Gasteiger partial charge is 0.494 e. The smallest absolute Gasteiger partial charge is 0.119 e. The number of hydrogen-bond acceptors (Lipinski definition) is 3. The summed E-state index contributed by atoms with van der Waals surface area (Å²) in [6.45, 7) is 11.9. The highest BCUT2D eigenvalue weighted by Gasteiger charge is 2.05. The van der Waals surface area contributed by atoms with Crippen molar-refractivity contribution < 1.29 is 4.74 Å². The molecule has 0 spiro atoms. The predicted octanol–water partition coefficient (Wildman–Crippen LogP) is 5.08. The van der Waals surface area contributed by atoms with Gasteiger partial charge in [0, 0.05) is 6.04 Å². The first kappa shape index (κ1) is 21.5. The monoisotopic (exact) mass is 368 g/mol. The summed E-state index contributed by atoms with van der Waals surface area (Å²) in [7, 11) is 0. The fourth-order valence-corrected chi connectivity index (χ4v) is 3.24. The van der Waals surface area contributed by atoms with Crippen LogP contribution in [0.3, 0.4) is 0 Å². The zero-order chi connectivity index (χ0) is 19.3. The predicted molar refractivity (Wildman–Crippen MR) is 116 cm³/mol. The summed E-state index contributed by atoms with van der Waals surface area (Å²) in [6.07, 6.45) is 3.29. The van der Waals surface area contributed by atoms with E-state index in [0.717, 1.165) is 44.8 Å². The highest BCUT2D eigenvalue weighted by Crippen LogP contribution is 2.18. The molecule has 3 nitrogen and oxygen atoms in total. The van der Waals surface area contributed by atoms with E-state index < -0.39 is 0 Å². The lowest BCUT2D eigenvalue weighted by Gasteiger charge is -2.19. The minimum absolute atomic E-state index is 0.369. The number of nitrogens with zero attached hydrogens (tertiary/aromatic N) is 1. The van der Waals surface area contributed by atoms with Crippen LogP contribution in [0.15, 0.2) is 54.6 Å². The Balaban J connectivity index is 1.64. The van der Waals surface area contributed by atoms with Crippen molar-refractivity contribution in [2.45, 2.75) is 46.1 Å². The summed E-state index contributed by atoms with van der Waals surface area (Å²) in [5, 5.41) is 3.62. The molecule has 0 saturated heterocycles. The van der Waals surface area contributed by atoms with E-state index in [2.05, 4.69) is 85.6 Å². The summed E-state index contributed by atoms with van der Waals surface area (Å²) in [5.41, 5.74) is 2.69. The van der Waals surface area contributed by atoms with Crippen LogP contribution in [0, 0.1) is 0 Å². The van der Waals surface area contributed by atoms with E-state index in [0.29, 0.717) is 6.04 Å². The van der Waals surface area contributed by atoms with E-state index in [9.17, 15) is 0 Å². The van der Waals surface area contributed by atoms with Gasteiger partial charge in [-0.15, -0.1) is 0 Å². The highest BCUT2D eigenvalue weighted by atomic mass is 16.5. The zero-order valence-electron chi connectivity index (χ0n) is 17.3. The minimum atomic E-state index is 0.369. The second kappa shape index (κ2) is 12.5. The van der Waals surface area contributed by atoms with Crippen LogP contribution in [0.2, 0.25) is 0 Å². The molecule has 0 fully saturated rings. The Labute approximate surface area is 165 Å². The van der Waals surface area contributed by atoms with Crippen molar-refractivity contribution in [3.05, 3.63) is 65.7 Å². The molecule has 2 aromatic carbocycles. The van der Waals surface area contributed by atoms with Crippen LogP contribution in [0.1, 0.15) is 50.8 Å². The molecule has 0 saturated carbocycles. The Bertz CT molecular complexity index is 608. The normalized spacial score (nSPS) is 12.3. The molecule has 2 aromatic rings. The van der Waals surface area contributed by atoms with Gasteiger partial charge in [-0.3, -0.25) is 0 Å². The fourth-order valence-electron chi connectivity index (χ4n) is 3.24. The highest BCUT2D eigenvalue weighted by molar-refractivity contribution is 5.29. The van der Waals surface area contributed by atoms with Gasteiger partial charge in [-0.2, -0.15) is 0 Å². The van der Waals surface area contributed by atoms with Crippen molar-refractivity contribution in [3.8, 4) is 5.75 Å². The van der Waals surface area contributed by atoms with Gasteiger partial charge in [0.05, 0.1) is 6.61 Å². The Hall–Kier alpha value is -1.84. The number of ether oxygens (including phenoxy) is 1. The first-order valence-corrected chi connectivity index (χ1v) is 10.4. The van der Waals surface area contributed by atoms with E-state index in [1.54, 1.807) is 0 Å². The van der Waals surface area contributed by atoms with Gasteiger partial charge in [0.25, 0.3) is 0 Å². The molecule has 0 heterocycles. The third-order valence-corrected chi connectivity index (χ3v) is 5.10. The molecule has 27 heavy (non-hydrogen) atoms. The number of rotatable bonds is 13. The summed E-state index contributed by atoms with van der Waals surface area (Å²) >= 11 is 0. The van der Waals surface area contributed by atoms with Crippen LogP contribution >= 0.6 is 0 Å². The lowest BCUT2D eigenvalue weighted by molar-refractivity contribution is 0.296. The SMILES string of the molecule is CCN(CC)CCCNC(C)c1ccc(OCCCc2ccccc2)cc1. The molecule has 0 radical (unpaired) electrons. The van der Waals surface area contributed by atoms with Gasteiger partial charge in [0.15, 0.2) is 0 Å². The third-order valence-electron chi connectivity index (χ3n) is 5.10. The quantitative estimate of drug-likeness (QED) is 0.499. The molecule has 0 aliphatic rings. The third kappa shape index (κ3) is 8.15. The molecular formula is C24H36N2O. The van der Waals surface area contributed by atoms with Crippen molar-refractivity contribution >= 4 is 0 Å². The van der Waals surface area contributed by atoms with Crippen LogP contribution in [0.5, 0.6) is 5.75 Å². The van der Waals surface area contributed by atoms with Gasteiger partial charge in [-0.1, -0.05) is 56.3 Å². The van der Waals surface area contributed by atoms with E-state index in [1.807, 2.05) is 0 Å². The van der Waals surface area contributed by atoms with Crippen molar-refractivity contribution in [1.82, 2.24) is 10.2 Å².